The first-order valence-corrected chi connectivity index (χ1v) is 7.74. The molecule has 108 valence electrons. The van der Waals surface area contributed by atoms with Crippen molar-refractivity contribution < 1.29 is 14.3 Å². The van der Waals surface area contributed by atoms with Crippen LogP contribution in [0.3, 0.4) is 0 Å². The SMILES string of the molecule is CC(=O)Oc1ccc(CSCC(=O)c2ccccc2)cc1. The predicted octanol–water partition coefficient (Wildman–Crippen LogP) is 3.73. The van der Waals surface area contributed by atoms with Crippen LogP contribution in [0, 0.1) is 0 Å². The molecule has 2 rings (SSSR count). The lowest BCUT2D eigenvalue weighted by Gasteiger charge is -2.04. The van der Waals surface area contributed by atoms with Crippen molar-refractivity contribution in [3.8, 4) is 5.75 Å². The van der Waals surface area contributed by atoms with Crippen LogP contribution in [0.15, 0.2) is 54.6 Å². The van der Waals surface area contributed by atoms with E-state index in [1.165, 1.54) is 6.92 Å². The van der Waals surface area contributed by atoms with Gasteiger partial charge < -0.3 is 4.74 Å². The molecule has 21 heavy (non-hydrogen) atoms. The normalized spacial score (nSPS) is 10.1. The topological polar surface area (TPSA) is 43.4 Å². The number of hydrogen-bond acceptors (Lipinski definition) is 4. The Balaban J connectivity index is 1.81. The molecule has 0 saturated heterocycles. The van der Waals surface area contributed by atoms with Crippen LogP contribution in [0.2, 0.25) is 0 Å². The van der Waals surface area contributed by atoms with Crippen LogP contribution in [0.25, 0.3) is 0 Å². The van der Waals surface area contributed by atoms with Gasteiger partial charge in [0, 0.05) is 18.2 Å². The summed E-state index contributed by atoms with van der Waals surface area (Å²) in [7, 11) is 0. The molecule has 0 aliphatic carbocycles. The van der Waals surface area contributed by atoms with Gasteiger partial charge in [0.1, 0.15) is 5.75 Å². The predicted molar refractivity (Wildman–Crippen MR) is 84.7 cm³/mol. The zero-order valence-electron chi connectivity index (χ0n) is 11.7. The standard InChI is InChI=1S/C17H16O3S/c1-13(18)20-16-9-7-14(8-10-16)11-21-12-17(19)15-5-3-2-4-6-15/h2-10H,11-12H2,1H3. The first kappa shape index (κ1) is 15.3. The van der Waals surface area contributed by atoms with Crippen LogP contribution < -0.4 is 4.74 Å². The summed E-state index contributed by atoms with van der Waals surface area (Å²) in [5.41, 5.74) is 1.84. The van der Waals surface area contributed by atoms with Gasteiger partial charge >= 0.3 is 5.97 Å². The largest absolute Gasteiger partial charge is 0.427 e. The molecular weight excluding hydrogens is 284 g/mol. The number of hydrogen-bond donors (Lipinski definition) is 0. The van der Waals surface area contributed by atoms with E-state index in [-0.39, 0.29) is 11.8 Å². The van der Waals surface area contributed by atoms with E-state index in [0.29, 0.717) is 11.5 Å². The number of thioether (sulfide) groups is 1. The minimum atomic E-state index is -0.328. The van der Waals surface area contributed by atoms with Crippen LogP contribution >= 0.6 is 11.8 Å². The Hall–Kier alpha value is -2.07. The third-order valence-corrected chi connectivity index (χ3v) is 3.79. The smallest absolute Gasteiger partial charge is 0.308 e. The van der Waals surface area contributed by atoms with E-state index in [0.717, 1.165) is 16.9 Å². The molecule has 0 heterocycles. The first-order valence-electron chi connectivity index (χ1n) is 6.58. The van der Waals surface area contributed by atoms with E-state index >= 15 is 0 Å². The number of benzene rings is 2. The van der Waals surface area contributed by atoms with Crippen LogP contribution in [-0.2, 0) is 10.5 Å². The highest BCUT2D eigenvalue weighted by Crippen LogP contribution is 2.18. The molecule has 0 aromatic heterocycles. The number of carbonyl (C=O) groups excluding carboxylic acids is 2. The summed E-state index contributed by atoms with van der Waals surface area (Å²) >= 11 is 1.57. The number of rotatable bonds is 6. The Morgan fingerprint density at radius 2 is 1.67 bits per heavy atom. The second kappa shape index (κ2) is 7.64. The van der Waals surface area contributed by atoms with Crippen molar-refractivity contribution in [2.24, 2.45) is 0 Å². The molecular formula is C17H16O3S. The lowest BCUT2D eigenvalue weighted by Crippen LogP contribution is -2.02. The van der Waals surface area contributed by atoms with E-state index in [4.69, 9.17) is 4.74 Å². The molecule has 0 N–H and O–H groups in total. The molecule has 0 aliphatic heterocycles. The molecule has 3 nitrogen and oxygen atoms in total. The summed E-state index contributed by atoms with van der Waals surface area (Å²) in [5, 5.41) is 0. The van der Waals surface area contributed by atoms with Gasteiger partial charge in [-0.05, 0) is 17.7 Å². The van der Waals surface area contributed by atoms with Gasteiger partial charge in [-0.3, -0.25) is 9.59 Å². The zero-order chi connectivity index (χ0) is 15.1. The highest BCUT2D eigenvalue weighted by atomic mass is 32.2. The van der Waals surface area contributed by atoms with Crippen molar-refractivity contribution in [2.45, 2.75) is 12.7 Å². The molecule has 0 fully saturated rings. The summed E-state index contributed by atoms with van der Waals surface area (Å²) in [5.74, 6) is 1.55. The quantitative estimate of drug-likeness (QED) is 0.463. The van der Waals surface area contributed by atoms with Gasteiger partial charge in [0.25, 0.3) is 0 Å². The molecule has 0 saturated carbocycles. The van der Waals surface area contributed by atoms with E-state index in [1.54, 1.807) is 23.9 Å². The number of ether oxygens (including phenoxy) is 1. The molecule has 2 aromatic carbocycles. The Kier molecular flexibility index (Phi) is 5.58. The average Bonchev–Trinajstić information content (AvgIpc) is 2.49. The van der Waals surface area contributed by atoms with Crippen molar-refractivity contribution in [3.05, 3.63) is 65.7 Å². The fourth-order valence-electron chi connectivity index (χ4n) is 1.79. The second-order valence-electron chi connectivity index (χ2n) is 4.52. The monoisotopic (exact) mass is 300 g/mol. The molecule has 0 bridgehead atoms. The number of ketones is 1. The fourth-order valence-corrected chi connectivity index (χ4v) is 2.67. The van der Waals surface area contributed by atoms with E-state index in [1.807, 2.05) is 42.5 Å². The lowest BCUT2D eigenvalue weighted by molar-refractivity contribution is -0.131. The summed E-state index contributed by atoms with van der Waals surface area (Å²) in [6.07, 6.45) is 0. The van der Waals surface area contributed by atoms with Crippen molar-refractivity contribution in [3.63, 3.8) is 0 Å². The highest BCUT2D eigenvalue weighted by Gasteiger charge is 2.05. The minimum absolute atomic E-state index is 0.136. The van der Waals surface area contributed by atoms with E-state index in [9.17, 15) is 9.59 Å². The number of carbonyl (C=O) groups is 2. The van der Waals surface area contributed by atoms with Crippen LogP contribution in [0.4, 0.5) is 0 Å². The Bertz CT molecular complexity index is 606. The van der Waals surface area contributed by atoms with Crippen LogP contribution in [0.1, 0.15) is 22.8 Å². The van der Waals surface area contributed by atoms with Crippen LogP contribution in [0.5, 0.6) is 5.75 Å². The average molecular weight is 300 g/mol. The molecule has 0 spiro atoms. The Morgan fingerprint density at radius 1 is 1.00 bits per heavy atom. The first-order chi connectivity index (χ1) is 10.1. The molecule has 0 radical (unpaired) electrons. The van der Waals surface area contributed by atoms with E-state index < -0.39 is 0 Å². The molecule has 2 aromatic rings. The number of Topliss-reactive ketones (excluding diaryl/α,β-unsaturated/α-hetero) is 1. The third kappa shape index (κ3) is 5.08. The third-order valence-electron chi connectivity index (χ3n) is 2.78. The molecule has 0 atom stereocenters. The van der Waals surface area contributed by atoms with Gasteiger partial charge in [-0.1, -0.05) is 42.5 Å². The second-order valence-corrected chi connectivity index (χ2v) is 5.51. The Morgan fingerprint density at radius 3 is 2.29 bits per heavy atom. The molecule has 0 unspecified atom stereocenters. The summed E-state index contributed by atoms with van der Waals surface area (Å²) in [4.78, 5) is 22.7. The van der Waals surface area contributed by atoms with Gasteiger partial charge in [-0.25, -0.2) is 0 Å². The van der Waals surface area contributed by atoms with Gasteiger partial charge in [0.2, 0.25) is 0 Å². The summed E-state index contributed by atoms with van der Waals surface area (Å²) in [6.45, 7) is 1.37. The van der Waals surface area contributed by atoms with Crippen LogP contribution in [-0.4, -0.2) is 17.5 Å². The molecule has 0 amide bonds. The molecule has 4 heteroatoms. The van der Waals surface area contributed by atoms with Crippen molar-refractivity contribution in [1.82, 2.24) is 0 Å². The maximum absolute atomic E-state index is 11.9. The maximum atomic E-state index is 11.9. The fraction of sp³-hybridized carbons (Fsp3) is 0.176. The van der Waals surface area contributed by atoms with Gasteiger partial charge in [-0.15, -0.1) is 11.8 Å². The van der Waals surface area contributed by atoms with Gasteiger partial charge in [0.15, 0.2) is 5.78 Å². The maximum Gasteiger partial charge on any atom is 0.308 e. The van der Waals surface area contributed by atoms with Crippen molar-refractivity contribution in [1.29, 1.82) is 0 Å². The Labute approximate surface area is 128 Å². The summed E-state index contributed by atoms with van der Waals surface area (Å²) < 4.78 is 4.97. The number of esters is 1. The lowest BCUT2D eigenvalue weighted by atomic mass is 10.2. The van der Waals surface area contributed by atoms with E-state index in [2.05, 4.69) is 0 Å². The molecule has 0 aliphatic rings. The van der Waals surface area contributed by atoms with Crippen molar-refractivity contribution in [2.75, 3.05) is 5.75 Å². The minimum Gasteiger partial charge on any atom is -0.427 e. The van der Waals surface area contributed by atoms with Crippen molar-refractivity contribution >= 4 is 23.5 Å². The highest BCUT2D eigenvalue weighted by molar-refractivity contribution is 7.99. The van der Waals surface area contributed by atoms with Gasteiger partial charge in [-0.2, -0.15) is 0 Å². The summed E-state index contributed by atoms with van der Waals surface area (Å²) in [6, 6.07) is 16.6. The zero-order valence-corrected chi connectivity index (χ0v) is 12.6. The van der Waals surface area contributed by atoms with Gasteiger partial charge in [0.05, 0.1) is 5.75 Å².